The fourth-order valence-corrected chi connectivity index (χ4v) is 10.1. The molecule has 4 heteroatoms. The molecule has 2 aliphatic heterocycles. The molecule has 0 aromatic rings. The van der Waals surface area contributed by atoms with Crippen molar-refractivity contribution in [3.8, 4) is 0 Å². The average Bonchev–Trinajstić information content (AvgIpc) is 3.12. The summed E-state index contributed by atoms with van der Waals surface area (Å²) in [4.78, 5) is 0. The second-order valence-electron chi connectivity index (χ2n) is 7.41. The van der Waals surface area contributed by atoms with E-state index in [4.69, 9.17) is 4.74 Å². The van der Waals surface area contributed by atoms with Crippen molar-refractivity contribution in [3.63, 3.8) is 0 Å². The van der Waals surface area contributed by atoms with Gasteiger partial charge in [0.25, 0.3) is 0 Å². The number of thioether (sulfide) groups is 3. The second kappa shape index (κ2) is 9.64. The smallest absolute Gasteiger partial charge is 0.209 e. The van der Waals surface area contributed by atoms with Crippen LogP contribution < -0.4 is 0 Å². The van der Waals surface area contributed by atoms with Gasteiger partial charge in [-0.05, 0) is 19.3 Å². The SMILES string of the molecule is CCCCCCCCCCC1CSC2(O1)SC1CCCCC1S2. The van der Waals surface area contributed by atoms with Crippen molar-refractivity contribution in [3.05, 3.63) is 0 Å². The number of rotatable bonds is 9. The van der Waals surface area contributed by atoms with E-state index in [0.717, 1.165) is 10.5 Å². The maximum absolute atomic E-state index is 6.55. The predicted octanol–water partition coefficient (Wildman–Crippen LogP) is 7.05. The Morgan fingerprint density at radius 3 is 2.13 bits per heavy atom. The predicted molar refractivity (Wildman–Crippen MR) is 109 cm³/mol. The highest BCUT2D eigenvalue weighted by atomic mass is 32.3. The van der Waals surface area contributed by atoms with Gasteiger partial charge in [-0.15, -0.1) is 35.3 Å². The molecule has 2 saturated heterocycles. The lowest BCUT2D eigenvalue weighted by atomic mass is 10.00. The summed E-state index contributed by atoms with van der Waals surface area (Å²) in [6.45, 7) is 2.29. The highest BCUT2D eigenvalue weighted by Gasteiger charge is 2.53. The van der Waals surface area contributed by atoms with Gasteiger partial charge in [-0.2, -0.15) is 0 Å². The quantitative estimate of drug-likeness (QED) is 0.399. The molecule has 134 valence electrons. The summed E-state index contributed by atoms with van der Waals surface area (Å²) in [6, 6.07) is 0. The van der Waals surface area contributed by atoms with Crippen LogP contribution in [0, 0.1) is 0 Å². The lowest BCUT2D eigenvalue weighted by Crippen LogP contribution is -2.19. The Labute approximate surface area is 156 Å². The first kappa shape index (κ1) is 18.8. The van der Waals surface area contributed by atoms with Crippen LogP contribution in [0.1, 0.15) is 90.4 Å². The van der Waals surface area contributed by atoms with Crippen molar-refractivity contribution in [1.29, 1.82) is 0 Å². The Balaban J connectivity index is 1.27. The molecule has 0 aromatic heterocycles. The van der Waals surface area contributed by atoms with E-state index in [-0.39, 0.29) is 3.60 Å². The molecule has 1 nitrogen and oxygen atoms in total. The van der Waals surface area contributed by atoms with Crippen molar-refractivity contribution in [2.45, 2.75) is 111 Å². The highest BCUT2D eigenvalue weighted by Crippen LogP contribution is 2.65. The Morgan fingerprint density at radius 1 is 0.870 bits per heavy atom. The first-order chi connectivity index (χ1) is 11.3. The minimum Gasteiger partial charge on any atom is -0.342 e. The summed E-state index contributed by atoms with van der Waals surface area (Å²) in [7, 11) is 0. The third-order valence-corrected chi connectivity index (χ3v) is 10.9. The number of ether oxygens (including phenoxy) is 1. The standard InChI is InChI=1S/C19H34OS3/c1-2-3-4-5-6-7-8-9-12-16-15-21-19(20-16)22-17-13-10-11-14-18(17)23-19/h16-18H,2-15H2,1H3. The second-order valence-corrected chi connectivity index (χ2v) is 12.2. The zero-order valence-corrected chi connectivity index (χ0v) is 17.2. The lowest BCUT2D eigenvalue weighted by Gasteiger charge is -2.21. The van der Waals surface area contributed by atoms with Crippen LogP contribution in [-0.4, -0.2) is 26.0 Å². The van der Waals surface area contributed by atoms with Crippen LogP contribution in [-0.2, 0) is 4.74 Å². The first-order valence-electron chi connectivity index (χ1n) is 9.99. The average molecular weight is 375 g/mol. The van der Waals surface area contributed by atoms with Gasteiger partial charge >= 0.3 is 0 Å². The van der Waals surface area contributed by atoms with Crippen molar-refractivity contribution in [2.24, 2.45) is 0 Å². The van der Waals surface area contributed by atoms with Crippen LogP contribution >= 0.6 is 35.3 Å². The number of hydrogen-bond acceptors (Lipinski definition) is 4. The van der Waals surface area contributed by atoms with Crippen molar-refractivity contribution in [1.82, 2.24) is 0 Å². The third-order valence-electron chi connectivity index (χ3n) is 5.37. The highest BCUT2D eigenvalue weighted by molar-refractivity contribution is 8.36. The molecule has 3 unspecified atom stereocenters. The van der Waals surface area contributed by atoms with Gasteiger partial charge in [0.15, 0.2) is 0 Å². The summed E-state index contributed by atoms with van der Waals surface area (Å²) >= 11 is 6.44. The molecule has 0 radical (unpaired) electrons. The van der Waals surface area contributed by atoms with Crippen LogP contribution in [0.2, 0.25) is 0 Å². The van der Waals surface area contributed by atoms with E-state index in [2.05, 4.69) is 42.2 Å². The molecular formula is C19H34OS3. The van der Waals surface area contributed by atoms with Gasteiger partial charge in [0.05, 0.1) is 6.10 Å². The number of fused-ring (bicyclic) bond motifs is 1. The van der Waals surface area contributed by atoms with E-state index in [9.17, 15) is 0 Å². The van der Waals surface area contributed by atoms with Crippen molar-refractivity contribution >= 4 is 35.3 Å². The normalized spacial score (nSPS) is 36.7. The van der Waals surface area contributed by atoms with Crippen LogP contribution in [0.15, 0.2) is 0 Å². The zero-order chi connectivity index (χ0) is 16.0. The van der Waals surface area contributed by atoms with Crippen LogP contribution in [0.3, 0.4) is 0 Å². The molecule has 1 saturated carbocycles. The summed E-state index contributed by atoms with van der Waals surface area (Å²) in [5, 5.41) is 1.76. The van der Waals surface area contributed by atoms with E-state index < -0.39 is 0 Å². The Morgan fingerprint density at radius 2 is 1.48 bits per heavy atom. The topological polar surface area (TPSA) is 9.23 Å². The van der Waals surface area contributed by atoms with E-state index in [1.807, 2.05) is 0 Å². The maximum atomic E-state index is 6.55. The van der Waals surface area contributed by atoms with Gasteiger partial charge in [0, 0.05) is 16.3 Å². The molecule has 2 heterocycles. The first-order valence-corrected chi connectivity index (χ1v) is 12.7. The molecule has 3 aliphatic rings. The molecule has 3 fully saturated rings. The maximum Gasteiger partial charge on any atom is 0.209 e. The number of hydrogen-bond donors (Lipinski definition) is 0. The van der Waals surface area contributed by atoms with E-state index in [1.54, 1.807) is 0 Å². The summed E-state index contributed by atoms with van der Waals surface area (Å²) in [5.74, 6) is 1.23. The number of unbranched alkanes of at least 4 members (excludes halogenated alkanes) is 7. The van der Waals surface area contributed by atoms with Gasteiger partial charge in [-0.3, -0.25) is 0 Å². The largest absolute Gasteiger partial charge is 0.342 e. The molecule has 1 spiro atoms. The van der Waals surface area contributed by atoms with Gasteiger partial charge in [-0.1, -0.05) is 71.1 Å². The molecule has 23 heavy (non-hydrogen) atoms. The summed E-state index contributed by atoms with van der Waals surface area (Å²) < 4.78 is 6.64. The van der Waals surface area contributed by atoms with Crippen LogP contribution in [0.25, 0.3) is 0 Å². The zero-order valence-electron chi connectivity index (χ0n) is 14.8. The van der Waals surface area contributed by atoms with Gasteiger partial charge in [0.2, 0.25) is 3.60 Å². The molecule has 0 amide bonds. The van der Waals surface area contributed by atoms with Crippen LogP contribution in [0.4, 0.5) is 0 Å². The molecule has 3 atom stereocenters. The molecule has 3 rings (SSSR count). The fraction of sp³-hybridized carbons (Fsp3) is 1.00. The third kappa shape index (κ3) is 5.49. The monoisotopic (exact) mass is 374 g/mol. The van der Waals surface area contributed by atoms with Gasteiger partial charge < -0.3 is 4.74 Å². The van der Waals surface area contributed by atoms with Crippen LogP contribution in [0.5, 0.6) is 0 Å². The Hall–Kier alpha value is 1.01. The fourth-order valence-electron chi connectivity index (χ4n) is 3.97. The minimum absolute atomic E-state index is 0.0878. The Kier molecular flexibility index (Phi) is 7.87. The van der Waals surface area contributed by atoms with Gasteiger partial charge in [0.1, 0.15) is 0 Å². The van der Waals surface area contributed by atoms with Gasteiger partial charge in [-0.25, -0.2) is 0 Å². The summed E-state index contributed by atoms with van der Waals surface area (Å²) in [6.07, 6.45) is 18.9. The molecule has 1 aliphatic carbocycles. The van der Waals surface area contributed by atoms with Crippen molar-refractivity contribution in [2.75, 3.05) is 5.75 Å². The molecule has 0 aromatic carbocycles. The molecule has 0 bridgehead atoms. The molecular weight excluding hydrogens is 340 g/mol. The Bertz CT molecular complexity index is 336. The minimum atomic E-state index is 0.0878. The lowest BCUT2D eigenvalue weighted by molar-refractivity contribution is 0.0841. The van der Waals surface area contributed by atoms with Crippen molar-refractivity contribution < 1.29 is 4.74 Å². The van der Waals surface area contributed by atoms with E-state index in [0.29, 0.717) is 6.10 Å². The van der Waals surface area contributed by atoms with E-state index >= 15 is 0 Å². The van der Waals surface area contributed by atoms with E-state index in [1.165, 1.54) is 89.2 Å². The molecule has 0 N–H and O–H groups in total. The summed E-state index contributed by atoms with van der Waals surface area (Å²) in [5.41, 5.74) is 0.